The maximum atomic E-state index is 11.6. The first-order chi connectivity index (χ1) is 6.56. The number of ether oxygens (including phenoxy) is 1. The molecule has 76 valence electrons. The van der Waals surface area contributed by atoms with Crippen molar-refractivity contribution in [1.29, 1.82) is 0 Å². The minimum absolute atomic E-state index is 0.185. The summed E-state index contributed by atoms with van der Waals surface area (Å²) < 4.78 is 5.69. The standard InChI is InChI=1S/C9H11BrN2O2/c1-5(11)8(13)7-3-6(10)4-12-9(7)14-2/h3-5H,11H2,1-2H3. The van der Waals surface area contributed by atoms with E-state index in [1.54, 1.807) is 19.2 Å². The number of carbonyl (C=O) groups excluding carboxylic acids is 1. The van der Waals surface area contributed by atoms with Crippen LogP contribution in [0.1, 0.15) is 17.3 Å². The fourth-order valence-corrected chi connectivity index (χ4v) is 1.34. The third-order valence-corrected chi connectivity index (χ3v) is 2.12. The molecule has 1 rings (SSSR count). The van der Waals surface area contributed by atoms with Gasteiger partial charge in [0, 0.05) is 10.7 Å². The number of halogens is 1. The van der Waals surface area contributed by atoms with E-state index in [4.69, 9.17) is 10.5 Å². The van der Waals surface area contributed by atoms with Crippen LogP contribution in [0.2, 0.25) is 0 Å². The normalized spacial score (nSPS) is 12.3. The lowest BCUT2D eigenvalue weighted by Gasteiger charge is -2.08. The summed E-state index contributed by atoms with van der Waals surface area (Å²) in [6, 6.07) is 1.09. The number of carbonyl (C=O) groups is 1. The molecule has 0 bridgehead atoms. The van der Waals surface area contributed by atoms with E-state index in [2.05, 4.69) is 20.9 Å². The Balaban J connectivity index is 3.17. The van der Waals surface area contributed by atoms with Crippen LogP contribution in [0.5, 0.6) is 5.88 Å². The van der Waals surface area contributed by atoms with E-state index >= 15 is 0 Å². The summed E-state index contributed by atoms with van der Waals surface area (Å²) in [5.41, 5.74) is 5.89. The van der Waals surface area contributed by atoms with Gasteiger partial charge < -0.3 is 10.5 Å². The van der Waals surface area contributed by atoms with E-state index in [1.807, 2.05) is 0 Å². The molecule has 0 aliphatic heterocycles. The molecule has 0 amide bonds. The van der Waals surface area contributed by atoms with Gasteiger partial charge in [-0.1, -0.05) is 0 Å². The number of nitrogens with two attached hydrogens (primary N) is 1. The highest BCUT2D eigenvalue weighted by Gasteiger charge is 2.17. The van der Waals surface area contributed by atoms with Gasteiger partial charge in [-0.05, 0) is 28.9 Å². The second-order valence-electron chi connectivity index (χ2n) is 2.86. The lowest BCUT2D eigenvalue weighted by molar-refractivity contribution is 0.0964. The van der Waals surface area contributed by atoms with Crippen molar-refractivity contribution in [3.63, 3.8) is 0 Å². The monoisotopic (exact) mass is 258 g/mol. The molecule has 1 heterocycles. The third-order valence-electron chi connectivity index (χ3n) is 1.69. The molecule has 0 fully saturated rings. The van der Waals surface area contributed by atoms with Gasteiger partial charge in [-0.15, -0.1) is 0 Å². The van der Waals surface area contributed by atoms with E-state index in [0.717, 1.165) is 4.47 Å². The number of hydrogen-bond acceptors (Lipinski definition) is 4. The zero-order valence-corrected chi connectivity index (χ0v) is 9.54. The Morgan fingerprint density at radius 2 is 2.36 bits per heavy atom. The average molecular weight is 259 g/mol. The average Bonchev–Trinajstić information content (AvgIpc) is 2.16. The van der Waals surface area contributed by atoms with Gasteiger partial charge in [0.2, 0.25) is 5.88 Å². The highest BCUT2D eigenvalue weighted by atomic mass is 79.9. The first-order valence-electron chi connectivity index (χ1n) is 4.05. The smallest absolute Gasteiger partial charge is 0.224 e. The largest absolute Gasteiger partial charge is 0.480 e. The van der Waals surface area contributed by atoms with Crippen molar-refractivity contribution in [3.8, 4) is 5.88 Å². The van der Waals surface area contributed by atoms with Crippen molar-refractivity contribution < 1.29 is 9.53 Å². The van der Waals surface area contributed by atoms with E-state index in [-0.39, 0.29) is 5.78 Å². The van der Waals surface area contributed by atoms with Crippen molar-refractivity contribution in [2.75, 3.05) is 7.11 Å². The van der Waals surface area contributed by atoms with Crippen molar-refractivity contribution in [1.82, 2.24) is 4.98 Å². The highest BCUT2D eigenvalue weighted by Crippen LogP contribution is 2.20. The molecule has 0 saturated heterocycles. The highest BCUT2D eigenvalue weighted by molar-refractivity contribution is 9.10. The molecule has 0 radical (unpaired) electrons. The molecule has 1 aromatic heterocycles. The number of nitrogens with zero attached hydrogens (tertiary/aromatic N) is 1. The molecule has 0 saturated carbocycles. The van der Waals surface area contributed by atoms with E-state index < -0.39 is 6.04 Å². The maximum Gasteiger partial charge on any atom is 0.224 e. The van der Waals surface area contributed by atoms with Gasteiger partial charge in [0.15, 0.2) is 5.78 Å². The van der Waals surface area contributed by atoms with E-state index in [1.165, 1.54) is 7.11 Å². The fraction of sp³-hybridized carbons (Fsp3) is 0.333. The minimum atomic E-state index is -0.556. The van der Waals surface area contributed by atoms with Crippen LogP contribution in [0.4, 0.5) is 0 Å². The summed E-state index contributed by atoms with van der Waals surface area (Å²) >= 11 is 3.23. The van der Waals surface area contributed by atoms with Gasteiger partial charge >= 0.3 is 0 Å². The Morgan fingerprint density at radius 3 is 2.86 bits per heavy atom. The topological polar surface area (TPSA) is 65.2 Å². The van der Waals surface area contributed by atoms with Crippen molar-refractivity contribution in [2.24, 2.45) is 5.73 Å². The van der Waals surface area contributed by atoms with Crippen molar-refractivity contribution in [2.45, 2.75) is 13.0 Å². The molecule has 4 nitrogen and oxygen atoms in total. The van der Waals surface area contributed by atoms with Crippen LogP contribution in [-0.2, 0) is 0 Å². The van der Waals surface area contributed by atoms with Crippen LogP contribution in [0.3, 0.4) is 0 Å². The van der Waals surface area contributed by atoms with Gasteiger partial charge in [0.1, 0.15) is 0 Å². The summed E-state index contributed by atoms with van der Waals surface area (Å²) in [7, 11) is 1.47. The van der Waals surface area contributed by atoms with Gasteiger partial charge in [-0.3, -0.25) is 4.79 Å². The Morgan fingerprint density at radius 1 is 1.71 bits per heavy atom. The zero-order valence-electron chi connectivity index (χ0n) is 7.95. The Bertz CT molecular complexity index is 353. The number of Topliss-reactive ketones (excluding diaryl/α,β-unsaturated/α-hetero) is 1. The molecule has 0 spiro atoms. The molecule has 0 aliphatic carbocycles. The second kappa shape index (κ2) is 4.52. The molecule has 1 unspecified atom stereocenters. The molecular formula is C9H11BrN2O2. The van der Waals surface area contributed by atoms with E-state index in [9.17, 15) is 4.79 Å². The molecule has 1 atom stereocenters. The number of hydrogen-bond donors (Lipinski definition) is 1. The molecule has 5 heteroatoms. The molecule has 14 heavy (non-hydrogen) atoms. The predicted octanol–water partition coefficient (Wildman–Crippen LogP) is 1.38. The predicted molar refractivity (Wildman–Crippen MR) is 56.5 cm³/mol. The van der Waals surface area contributed by atoms with Gasteiger partial charge in [0.25, 0.3) is 0 Å². The van der Waals surface area contributed by atoms with Crippen LogP contribution in [0.15, 0.2) is 16.7 Å². The molecule has 0 aliphatic rings. The third kappa shape index (κ3) is 2.30. The molecule has 0 aromatic carbocycles. The van der Waals surface area contributed by atoms with Crippen LogP contribution in [0, 0.1) is 0 Å². The number of methoxy groups -OCH3 is 1. The lowest BCUT2D eigenvalue weighted by Crippen LogP contribution is -2.27. The first-order valence-corrected chi connectivity index (χ1v) is 4.85. The summed E-state index contributed by atoms with van der Waals surface area (Å²) in [6.07, 6.45) is 1.57. The summed E-state index contributed by atoms with van der Waals surface area (Å²) in [6.45, 7) is 1.63. The Kier molecular flexibility index (Phi) is 3.60. The quantitative estimate of drug-likeness (QED) is 0.833. The fourth-order valence-electron chi connectivity index (χ4n) is 1.01. The second-order valence-corrected chi connectivity index (χ2v) is 3.78. The molecular weight excluding hydrogens is 248 g/mol. The first kappa shape index (κ1) is 11.1. The van der Waals surface area contributed by atoms with Crippen molar-refractivity contribution >= 4 is 21.7 Å². The minimum Gasteiger partial charge on any atom is -0.480 e. The van der Waals surface area contributed by atoms with Crippen molar-refractivity contribution in [3.05, 3.63) is 22.3 Å². The molecule has 1 aromatic rings. The Hall–Kier alpha value is -0.940. The van der Waals surface area contributed by atoms with Crippen LogP contribution >= 0.6 is 15.9 Å². The zero-order chi connectivity index (χ0) is 10.7. The van der Waals surface area contributed by atoms with Gasteiger partial charge in [0.05, 0.1) is 18.7 Å². The van der Waals surface area contributed by atoms with E-state index in [0.29, 0.717) is 11.4 Å². The van der Waals surface area contributed by atoms with Crippen LogP contribution in [0.25, 0.3) is 0 Å². The van der Waals surface area contributed by atoms with Crippen LogP contribution < -0.4 is 10.5 Å². The van der Waals surface area contributed by atoms with Crippen LogP contribution in [-0.4, -0.2) is 23.9 Å². The Labute approximate surface area is 90.6 Å². The van der Waals surface area contributed by atoms with Gasteiger partial charge in [-0.25, -0.2) is 4.98 Å². The number of aromatic nitrogens is 1. The SMILES string of the molecule is COc1ncc(Br)cc1C(=O)C(C)N. The number of rotatable bonds is 3. The number of ketones is 1. The maximum absolute atomic E-state index is 11.6. The summed E-state index contributed by atoms with van der Waals surface area (Å²) in [4.78, 5) is 15.6. The van der Waals surface area contributed by atoms with Gasteiger partial charge in [-0.2, -0.15) is 0 Å². The molecule has 2 N–H and O–H groups in total. The lowest BCUT2D eigenvalue weighted by atomic mass is 10.1. The summed E-state index contributed by atoms with van der Waals surface area (Å²) in [5.74, 6) is 0.117. The summed E-state index contributed by atoms with van der Waals surface area (Å²) in [5, 5.41) is 0. The number of pyridine rings is 1.